The third-order valence-corrected chi connectivity index (χ3v) is 5.63. The first-order valence-electron chi connectivity index (χ1n) is 8.39. The fraction of sp³-hybridized carbons (Fsp3) is 0.500. The van der Waals surface area contributed by atoms with Crippen LogP contribution in [0, 0.1) is 5.41 Å². The summed E-state index contributed by atoms with van der Waals surface area (Å²) in [5.41, 5.74) is 1.61. The van der Waals surface area contributed by atoms with Gasteiger partial charge in [0.25, 0.3) is 0 Å². The second-order valence-corrected chi connectivity index (χ2v) is 7.25. The maximum atomic E-state index is 12.2. The number of rotatable bonds is 5. The van der Waals surface area contributed by atoms with Crippen molar-refractivity contribution in [3.05, 3.63) is 42.5 Å². The summed E-state index contributed by atoms with van der Waals surface area (Å²) in [6, 6.07) is 7.76. The number of carbonyl (C=O) groups excluding carboxylic acids is 1. The average molecular weight is 343 g/mol. The van der Waals surface area contributed by atoms with Gasteiger partial charge in [-0.3, -0.25) is 0 Å². The molecule has 2 aromatic rings. The molecule has 0 aliphatic heterocycles. The van der Waals surface area contributed by atoms with E-state index in [1.165, 1.54) is 6.33 Å². The molecule has 0 saturated heterocycles. The summed E-state index contributed by atoms with van der Waals surface area (Å²) in [7, 11) is 1.72. The van der Waals surface area contributed by atoms with Crippen molar-refractivity contribution >= 4 is 6.03 Å². The highest BCUT2D eigenvalue weighted by atomic mass is 16.5. The quantitative estimate of drug-likeness (QED) is 0.873. The van der Waals surface area contributed by atoms with E-state index in [0.29, 0.717) is 6.54 Å². The molecule has 25 heavy (non-hydrogen) atoms. The third kappa shape index (κ3) is 3.24. The number of amides is 2. The van der Waals surface area contributed by atoms with Gasteiger partial charge >= 0.3 is 6.03 Å². The number of ether oxygens (including phenoxy) is 1. The van der Waals surface area contributed by atoms with Crippen LogP contribution in [0.3, 0.4) is 0 Å². The van der Waals surface area contributed by atoms with Crippen LogP contribution in [-0.2, 0) is 11.3 Å². The summed E-state index contributed by atoms with van der Waals surface area (Å²) >= 11 is 0. The van der Waals surface area contributed by atoms with Crippen LogP contribution in [0.5, 0.6) is 0 Å². The molecule has 0 spiro atoms. The highest BCUT2D eigenvalue weighted by molar-refractivity contribution is 5.74. The highest BCUT2D eigenvalue weighted by Crippen LogP contribution is 2.51. The van der Waals surface area contributed by atoms with Crippen LogP contribution in [0.25, 0.3) is 5.69 Å². The van der Waals surface area contributed by atoms with Crippen LogP contribution in [0.15, 0.2) is 36.9 Å². The summed E-state index contributed by atoms with van der Waals surface area (Å²) in [5, 5.41) is 10.1. The van der Waals surface area contributed by atoms with E-state index in [1.807, 2.05) is 24.3 Å². The number of urea groups is 1. The molecule has 1 aliphatic carbocycles. The summed E-state index contributed by atoms with van der Waals surface area (Å²) in [6.45, 7) is 6.76. The topological polar surface area (TPSA) is 81.1 Å². The molecule has 2 N–H and O–H groups in total. The van der Waals surface area contributed by atoms with E-state index < -0.39 is 0 Å². The number of carbonyl (C=O) groups is 1. The van der Waals surface area contributed by atoms with Gasteiger partial charge in [0.15, 0.2) is 0 Å². The molecular weight excluding hydrogens is 318 g/mol. The molecule has 7 heteroatoms. The molecule has 134 valence electrons. The number of aromatic nitrogens is 3. The van der Waals surface area contributed by atoms with Gasteiger partial charge in [-0.05, 0) is 31.0 Å². The Kier molecular flexibility index (Phi) is 4.51. The van der Waals surface area contributed by atoms with E-state index in [4.69, 9.17) is 4.74 Å². The Morgan fingerprint density at radius 1 is 1.40 bits per heavy atom. The van der Waals surface area contributed by atoms with E-state index in [1.54, 1.807) is 18.1 Å². The fourth-order valence-corrected chi connectivity index (χ4v) is 3.27. The van der Waals surface area contributed by atoms with E-state index in [-0.39, 0.29) is 23.1 Å². The smallest absolute Gasteiger partial charge is 0.315 e. The Balaban J connectivity index is 1.54. The van der Waals surface area contributed by atoms with E-state index in [9.17, 15) is 4.79 Å². The lowest BCUT2D eigenvalue weighted by Crippen LogP contribution is -2.69. The monoisotopic (exact) mass is 343 g/mol. The van der Waals surface area contributed by atoms with Gasteiger partial charge in [-0.15, -0.1) is 0 Å². The van der Waals surface area contributed by atoms with Crippen molar-refractivity contribution < 1.29 is 9.53 Å². The van der Waals surface area contributed by atoms with Crippen LogP contribution < -0.4 is 10.6 Å². The Labute approximate surface area is 147 Å². The zero-order valence-corrected chi connectivity index (χ0v) is 15.1. The minimum Gasteiger partial charge on any atom is -0.378 e. The van der Waals surface area contributed by atoms with Gasteiger partial charge in [0.2, 0.25) is 0 Å². The Morgan fingerprint density at radius 2 is 2.20 bits per heavy atom. The van der Waals surface area contributed by atoms with Gasteiger partial charge in [0, 0.05) is 25.1 Å². The summed E-state index contributed by atoms with van der Waals surface area (Å²) in [4.78, 5) is 16.2. The average Bonchev–Trinajstić information content (AvgIpc) is 3.14. The number of methoxy groups -OCH3 is 1. The second-order valence-electron chi connectivity index (χ2n) is 7.25. The van der Waals surface area contributed by atoms with Crippen LogP contribution in [0.4, 0.5) is 4.79 Å². The van der Waals surface area contributed by atoms with Gasteiger partial charge in [0.1, 0.15) is 12.7 Å². The second kappa shape index (κ2) is 6.48. The van der Waals surface area contributed by atoms with Gasteiger partial charge < -0.3 is 15.4 Å². The molecule has 1 aromatic heterocycles. The molecule has 0 radical (unpaired) electrons. The molecule has 1 aromatic carbocycles. The molecule has 3 rings (SSSR count). The lowest BCUT2D eigenvalue weighted by Gasteiger charge is -2.59. The molecule has 2 amide bonds. The van der Waals surface area contributed by atoms with Crippen LogP contribution in [-0.4, -0.2) is 39.5 Å². The van der Waals surface area contributed by atoms with Crippen molar-refractivity contribution in [1.82, 2.24) is 25.4 Å². The molecule has 1 fully saturated rings. The normalized spacial score (nSPS) is 24.4. The van der Waals surface area contributed by atoms with Gasteiger partial charge in [-0.2, -0.15) is 5.10 Å². The highest BCUT2D eigenvalue weighted by Gasteiger charge is 2.58. The zero-order chi connectivity index (χ0) is 18.1. The third-order valence-electron chi connectivity index (χ3n) is 5.63. The number of nitrogens with one attached hydrogen (secondary N) is 2. The number of nitrogens with zero attached hydrogens (tertiary/aromatic N) is 3. The van der Waals surface area contributed by atoms with E-state index in [2.05, 4.69) is 41.5 Å². The van der Waals surface area contributed by atoms with E-state index >= 15 is 0 Å². The fourth-order valence-electron chi connectivity index (χ4n) is 3.27. The lowest BCUT2D eigenvalue weighted by atomic mass is 9.56. The lowest BCUT2D eigenvalue weighted by molar-refractivity contribution is -0.177. The Bertz CT molecular complexity index is 744. The predicted molar refractivity (Wildman–Crippen MR) is 94.3 cm³/mol. The SMILES string of the molecule is CO[C@]1(C)C[C@H](NC(=O)NCc2cccc(-n3cncn3)c2)C1(C)C. The standard InChI is InChI=1S/C18H25N5O2/c1-17(2)15(9-18(17,3)25-4)22-16(24)20-10-13-6-5-7-14(8-13)23-12-19-11-21-23/h5-8,11-12,15H,9-10H2,1-4H3,(H2,20,22,24)/t15-,18+/m0/s1. The van der Waals surface area contributed by atoms with Crippen molar-refractivity contribution in [2.24, 2.45) is 5.41 Å². The van der Waals surface area contributed by atoms with Crippen molar-refractivity contribution in [3.8, 4) is 5.69 Å². The largest absolute Gasteiger partial charge is 0.378 e. The molecular formula is C18H25N5O2. The molecule has 1 saturated carbocycles. The van der Waals surface area contributed by atoms with Crippen LogP contribution in [0.2, 0.25) is 0 Å². The maximum absolute atomic E-state index is 12.2. The van der Waals surface area contributed by atoms with Crippen molar-refractivity contribution in [1.29, 1.82) is 0 Å². The van der Waals surface area contributed by atoms with Crippen LogP contribution in [0.1, 0.15) is 32.8 Å². The molecule has 0 unspecified atom stereocenters. The van der Waals surface area contributed by atoms with Gasteiger partial charge in [-0.25, -0.2) is 14.5 Å². The Hall–Kier alpha value is -2.41. The first-order chi connectivity index (χ1) is 11.9. The molecule has 1 aliphatic rings. The molecule has 0 bridgehead atoms. The molecule has 7 nitrogen and oxygen atoms in total. The van der Waals surface area contributed by atoms with Gasteiger partial charge in [0.05, 0.1) is 11.3 Å². The van der Waals surface area contributed by atoms with Crippen molar-refractivity contribution in [2.75, 3.05) is 7.11 Å². The minimum atomic E-state index is -0.197. The number of benzene rings is 1. The first-order valence-corrected chi connectivity index (χ1v) is 8.39. The number of hydrogen-bond donors (Lipinski definition) is 2. The zero-order valence-electron chi connectivity index (χ0n) is 15.1. The summed E-state index contributed by atoms with van der Waals surface area (Å²) in [5.74, 6) is 0. The molecule has 2 atom stereocenters. The summed E-state index contributed by atoms with van der Waals surface area (Å²) < 4.78 is 7.28. The van der Waals surface area contributed by atoms with E-state index in [0.717, 1.165) is 17.7 Å². The molecule has 1 heterocycles. The van der Waals surface area contributed by atoms with Crippen molar-refractivity contribution in [2.45, 2.75) is 45.4 Å². The minimum absolute atomic E-state index is 0.0962. The van der Waals surface area contributed by atoms with Gasteiger partial charge in [-0.1, -0.05) is 26.0 Å². The predicted octanol–water partition coefficient (Wildman–Crippen LogP) is 2.27. The Morgan fingerprint density at radius 3 is 2.84 bits per heavy atom. The van der Waals surface area contributed by atoms with Crippen LogP contribution >= 0.6 is 0 Å². The number of hydrogen-bond acceptors (Lipinski definition) is 4. The maximum Gasteiger partial charge on any atom is 0.315 e. The first kappa shape index (κ1) is 17.4. The van der Waals surface area contributed by atoms with Crippen molar-refractivity contribution in [3.63, 3.8) is 0 Å². The summed E-state index contributed by atoms with van der Waals surface area (Å²) in [6.07, 6.45) is 3.95.